The summed E-state index contributed by atoms with van der Waals surface area (Å²) < 4.78 is 36.8. The van der Waals surface area contributed by atoms with Crippen molar-refractivity contribution in [1.82, 2.24) is 0 Å². The number of nitrogens with one attached hydrogen (secondary N) is 1. The number of hydrogen-bond donors (Lipinski definition) is 1. The SMILES string of the molecule is CS(=O)(=O)N(CCCC(=O)Nc1ccc(CC#N)cc1)c1ccc2c(c1)OCCO2. The number of ether oxygens (including phenoxy) is 2. The fourth-order valence-corrected chi connectivity index (χ4v) is 4.03. The fraction of sp³-hybridized carbons (Fsp3) is 0.333. The van der Waals surface area contributed by atoms with Gasteiger partial charge in [0.05, 0.1) is 24.4 Å². The minimum Gasteiger partial charge on any atom is -0.486 e. The van der Waals surface area contributed by atoms with E-state index in [1.807, 2.05) is 0 Å². The highest BCUT2D eigenvalue weighted by atomic mass is 32.2. The Morgan fingerprint density at radius 2 is 1.83 bits per heavy atom. The first kappa shape index (κ1) is 21.5. The molecule has 1 heterocycles. The molecule has 0 fully saturated rings. The second-order valence-electron chi connectivity index (χ2n) is 6.85. The van der Waals surface area contributed by atoms with Gasteiger partial charge in [0.25, 0.3) is 0 Å². The van der Waals surface area contributed by atoms with E-state index in [1.165, 1.54) is 4.31 Å². The van der Waals surface area contributed by atoms with E-state index in [-0.39, 0.29) is 18.9 Å². The van der Waals surface area contributed by atoms with Crippen molar-refractivity contribution in [3.8, 4) is 17.6 Å². The van der Waals surface area contributed by atoms with Crippen molar-refractivity contribution in [3.05, 3.63) is 48.0 Å². The molecular formula is C21H23N3O5S. The Morgan fingerprint density at radius 1 is 1.13 bits per heavy atom. The van der Waals surface area contributed by atoms with E-state index in [0.717, 1.165) is 11.8 Å². The number of carbonyl (C=O) groups is 1. The fourth-order valence-electron chi connectivity index (χ4n) is 3.08. The Labute approximate surface area is 176 Å². The number of nitrogens with zero attached hydrogens (tertiary/aromatic N) is 2. The van der Waals surface area contributed by atoms with Gasteiger partial charge in [0, 0.05) is 24.7 Å². The molecule has 0 spiro atoms. The lowest BCUT2D eigenvalue weighted by Crippen LogP contribution is -2.31. The van der Waals surface area contributed by atoms with Crippen molar-refractivity contribution in [3.63, 3.8) is 0 Å². The smallest absolute Gasteiger partial charge is 0.232 e. The quantitative estimate of drug-likeness (QED) is 0.691. The zero-order valence-corrected chi connectivity index (χ0v) is 17.4. The lowest BCUT2D eigenvalue weighted by atomic mass is 10.1. The van der Waals surface area contributed by atoms with Gasteiger partial charge in [-0.2, -0.15) is 5.26 Å². The van der Waals surface area contributed by atoms with Crippen LogP contribution in [0.1, 0.15) is 18.4 Å². The maximum absolute atomic E-state index is 12.3. The molecule has 9 heteroatoms. The minimum atomic E-state index is -3.53. The van der Waals surface area contributed by atoms with E-state index in [4.69, 9.17) is 14.7 Å². The molecule has 1 aliphatic rings. The normalized spacial score (nSPS) is 12.7. The summed E-state index contributed by atoms with van der Waals surface area (Å²) in [6, 6.07) is 14.1. The number of fused-ring (bicyclic) bond motifs is 1. The number of hydrogen-bond acceptors (Lipinski definition) is 6. The predicted octanol–water partition coefficient (Wildman–Crippen LogP) is 2.71. The van der Waals surface area contributed by atoms with Gasteiger partial charge in [-0.3, -0.25) is 9.10 Å². The lowest BCUT2D eigenvalue weighted by molar-refractivity contribution is -0.116. The van der Waals surface area contributed by atoms with Gasteiger partial charge >= 0.3 is 0 Å². The summed E-state index contributed by atoms with van der Waals surface area (Å²) in [5.41, 5.74) is 1.97. The van der Waals surface area contributed by atoms with E-state index in [1.54, 1.807) is 42.5 Å². The monoisotopic (exact) mass is 429 g/mol. The van der Waals surface area contributed by atoms with Crippen LogP contribution in [0.3, 0.4) is 0 Å². The second kappa shape index (κ2) is 9.50. The molecule has 1 amide bonds. The highest BCUT2D eigenvalue weighted by Gasteiger charge is 2.21. The van der Waals surface area contributed by atoms with Crippen LogP contribution in [0.4, 0.5) is 11.4 Å². The molecular weight excluding hydrogens is 406 g/mol. The Bertz CT molecular complexity index is 1050. The van der Waals surface area contributed by atoms with Gasteiger partial charge in [-0.15, -0.1) is 0 Å². The molecule has 0 saturated carbocycles. The molecule has 8 nitrogen and oxygen atoms in total. The summed E-state index contributed by atoms with van der Waals surface area (Å²) in [6.45, 7) is 1.03. The third-order valence-corrected chi connectivity index (χ3v) is 5.69. The van der Waals surface area contributed by atoms with Gasteiger partial charge < -0.3 is 14.8 Å². The first-order valence-electron chi connectivity index (χ1n) is 9.50. The first-order valence-corrected chi connectivity index (χ1v) is 11.3. The third kappa shape index (κ3) is 5.64. The molecule has 3 rings (SSSR count). The summed E-state index contributed by atoms with van der Waals surface area (Å²) >= 11 is 0. The Balaban J connectivity index is 1.59. The summed E-state index contributed by atoms with van der Waals surface area (Å²) in [4.78, 5) is 12.2. The van der Waals surface area contributed by atoms with E-state index >= 15 is 0 Å². The zero-order valence-electron chi connectivity index (χ0n) is 16.6. The van der Waals surface area contributed by atoms with Crippen LogP contribution >= 0.6 is 0 Å². The molecule has 1 N–H and O–H groups in total. The number of carbonyl (C=O) groups excluding carboxylic acids is 1. The van der Waals surface area contributed by atoms with Crippen LogP contribution in [0.15, 0.2) is 42.5 Å². The Kier molecular flexibility index (Phi) is 6.79. The first-order chi connectivity index (χ1) is 14.4. The number of nitriles is 1. The number of anilines is 2. The maximum atomic E-state index is 12.3. The van der Waals surface area contributed by atoms with Crippen molar-refractivity contribution in [1.29, 1.82) is 5.26 Å². The maximum Gasteiger partial charge on any atom is 0.232 e. The average molecular weight is 429 g/mol. The van der Waals surface area contributed by atoms with Crippen LogP contribution in [0.25, 0.3) is 0 Å². The molecule has 0 aliphatic carbocycles. The second-order valence-corrected chi connectivity index (χ2v) is 8.75. The summed E-state index contributed by atoms with van der Waals surface area (Å²) in [7, 11) is -3.53. The molecule has 0 atom stereocenters. The number of rotatable bonds is 8. The van der Waals surface area contributed by atoms with E-state index in [0.29, 0.717) is 48.9 Å². The molecule has 0 aromatic heterocycles. The molecule has 0 radical (unpaired) electrons. The van der Waals surface area contributed by atoms with Gasteiger partial charge in [0.15, 0.2) is 11.5 Å². The topological polar surface area (TPSA) is 109 Å². The van der Waals surface area contributed by atoms with Crippen molar-refractivity contribution in [2.45, 2.75) is 19.3 Å². The van der Waals surface area contributed by atoms with Crippen molar-refractivity contribution in [2.24, 2.45) is 0 Å². The van der Waals surface area contributed by atoms with Crippen LogP contribution in [-0.2, 0) is 21.2 Å². The van der Waals surface area contributed by atoms with Crippen LogP contribution in [0.5, 0.6) is 11.5 Å². The molecule has 30 heavy (non-hydrogen) atoms. The molecule has 1 aliphatic heterocycles. The van der Waals surface area contributed by atoms with Crippen LogP contribution in [-0.4, -0.2) is 40.3 Å². The summed E-state index contributed by atoms with van der Waals surface area (Å²) in [5, 5.41) is 11.5. The zero-order chi connectivity index (χ0) is 21.6. The molecule has 0 unspecified atom stereocenters. The van der Waals surface area contributed by atoms with Crippen molar-refractivity contribution in [2.75, 3.05) is 35.6 Å². The van der Waals surface area contributed by atoms with Gasteiger partial charge in [0.2, 0.25) is 15.9 Å². The molecule has 0 bridgehead atoms. The number of amides is 1. The summed E-state index contributed by atoms with van der Waals surface area (Å²) in [6.07, 6.45) is 1.96. The van der Waals surface area contributed by atoms with Crippen molar-refractivity contribution >= 4 is 27.3 Å². The molecule has 0 saturated heterocycles. The molecule has 2 aromatic carbocycles. The Morgan fingerprint density at radius 3 is 2.50 bits per heavy atom. The van der Waals surface area contributed by atoms with Crippen LogP contribution in [0, 0.1) is 11.3 Å². The average Bonchev–Trinajstić information content (AvgIpc) is 2.71. The molecule has 2 aromatic rings. The van der Waals surface area contributed by atoms with E-state index < -0.39 is 10.0 Å². The van der Waals surface area contributed by atoms with Gasteiger partial charge in [-0.1, -0.05) is 12.1 Å². The van der Waals surface area contributed by atoms with Crippen LogP contribution in [0.2, 0.25) is 0 Å². The van der Waals surface area contributed by atoms with Crippen molar-refractivity contribution < 1.29 is 22.7 Å². The molecule has 158 valence electrons. The Hall–Kier alpha value is -3.25. The van der Waals surface area contributed by atoms with Gasteiger partial charge in [-0.25, -0.2) is 8.42 Å². The van der Waals surface area contributed by atoms with Gasteiger partial charge in [0.1, 0.15) is 13.2 Å². The highest BCUT2D eigenvalue weighted by Crippen LogP contribution is 2.34. The van der Waals surface area contributed by atoms with E-state index in [9.17, 15) is 13.2 Å². The van der Waals surface area contributed by atoms with Gasteiger partial charge in [-0.05, 0) is 36.2 Å². The lowest BCUT2D eigenvalue weighted by Gasteiger charge is -2.25. The largest absolute Gasteiger partial charge is 0.486 e. The summed E-state index contributed by atoms with van der Waals surface area (Å²) in [5.74, 6) is 0.877. The number of sulfonamides is 1. The highest BCUT2D eigenvalue weighted by molar-refractivity contribution is 7.92. The number of benzene rings is 2. The predicted molar refractivity (Wildman–Crippen MR) is 113 cm³/mol. The third-order valence-electron chi connectivity index (χ3n) is 4.50. The standard InChI is InChI=1S/C21H23N3O5S/c1-30(26,27)24(18-8-9-19-20(15-18)29-14-13-28-19)12-2-3-21(25)23-17-6-4-16(5-7-17)10-11-22/h4-9,15H,2-3,10,12-14H2,1H3,(H,23,25). The van der Waals surface area contributed by atoms with E-state index in [2.05, 4.69) is 11.4 Å². The minimum absolute atomic E-state index is 0.160. The van der Waals surface area contributed by atoms with Crippen LogP contribution < -0.4 is 19.1 Å².